The molecule has 1 aliphatic heterocycles. The van der Waals surface area contributed by atoms with Gasteiger partial charge in [-0.1, -0.05) is 35.9 Å². The molecule has 0 aliphatic carbocycles. The summed E-state index contributed by atoms with van der Waals surface area (Å²) in [5.41, 5.74) is 1.47. The minimum absolute atomic E-state index is 0.0592. The second-order valence-electron chi connectivity index (χ2n) is 6.75. The third-order valence-corrected chi connectivity index (χ3v) is 5.85. The van der Waals surface area contributed by atoms with E-state index in [-0.39, 0.29) is 27.8 Å². The lowest BCUT2D eigenvalue weighted by Gasteiger charge is -2.14. The van der Waals surface area contributed by atoms with Gasteiger partial charge in [-0.3, -0.25) is 14.5 Å². The molecule has 1 saturated heterocycles. The lowest BCUT2D eigenvalue weighted by Crippen LogP contribution is -2.28. The standard InChI is InChI=1S/C23H15ClFN3O3S/c24-18-7-4-8-19(25)17(18)13-28-22(30)21(32-23(28)31)12-14-11-16(9-10-20(14)29)27-26-15-5-2-1-3-6-15/h1-12,29H,13H2/b21-12-,27-26?. The van der Waals surface area contributed by atoms with Crippen LogP contribution in [0.4, 0.5) is 20.6 Å². The molecule has 6 nitrogen and oxygen atoms in total. The maximum atomic E-state index is 14.1. The first-order valence-corrected chi connectivity index (χ1v) is 10.6. The van der Waals surface area contributed by atoms with Crippen LogP contribution in [-0.2, 0) is 11.3 Å². The van der Waals surface area contributed by atoms with E-state index in [1.165, 1.54) is 30.3 Å². The van der Waals surface area contributed by atoms with Gasteiger partial charge in [-0.15, -0.1) is 0 Å². The zero-order valence-electron chi connectivity index (χ0n) is 16.4. The Hall–Kier alpha value is -3.49. The van der Waals surface area contributed by atoms with E-state index in [1.54, 1.807) is 24.3 Å². The third kappa shape index (κ3) is 4.71. The minimum atomic E-state index is -0.602. The van der Waals surface area contributed by atoms with Crippen molar-refractivity contribution >= 4 is 52.0 Å². The number of benzene rings is 3. The predicted octanol–water partition coefficient (Wildman–Crippen LogP) is 6.84. The molecule has 2 amide bonds. The zero-order valence-corrected chi connectivity index (χ0v) is 18.0. The molecular weight excluding hydrogens is 453 g/mol. The molecule has 4 rings (SSSR count). The Bertz CT molecular complexity index is 1240. The minimum Gasteiger partial charge on any atom is -0.507 e. The number of imide groups is 1. The smallest absolute Gasteiger partial charge is 0.293 e. The van der Waals surface area contributed by atoms with Gasteiger partial charge in [0.1, 0.15) is 11.6 Å². The number of aromatic hydroxyl groups is 1. The van der Waals surface area contributed by atoms with Crippen LogP contribution < -0.4 is 0 Å². The number of amides is 2. The van der Waals surface area contributed by atoms with Crippen LogP contribution >= 0.6 is 23.4 Å². The number of hydrogen-bond donors (Lipinski definition) is 1. The van der Waals surface area contributed by atoms with Crippen molar-refractivity contribution in [2.45, 2.75) is 6.54 Å². The zero-order chi connectivity index (χ0) is 22.7. The molecule has 0 spiro atoms. The maximum Gasteiger partial charge on any atom is 0.293 e. The van der Waals surface area contributed by atoms with Gasteiger partial charge in [0.2, 0.25) is 0 Å². The number of phenols is 1. The monoisotopic (exact) mass is 467 g/mol. The molecule has 0 unspecified atom stereocenters. The fourth-order valence-electron chi connectivity index (χ4n) is 2.95. The maximum absolute atomic E-state index is 14.1. The second kappa shape index (κ2) is 9.33. The predicted molar refractivity (Wildman–Crippen MR) is 122 cm³/mol. The van der Waals surface area contributed by atoms with Crippen molar-refractivity contribution in [3.05, 3.63) is 93.6 Å². The Labute approximate surface area is 192 Å². The van der Waals surface area contributed by atoms with Crippen LogP contribution in [0, 0.1) is 5.82 Å². The number of carbonyl (C=O) groups is 2. The molecule has 3 aromatic rings. The Morgan fingerprint density at radius 3 is 2.50 bits per heavy atom. The lowest BCUT2D eigenvalue weighted by molar-refractivity contribution is -0.123. The summed E-state index contributed by atoms with van der Waals surface area (Å²) >= 11 is 6.72. The van der Waals surface area contributed by atoms with E-state index in [4.69, 9.17) is 11.6 Å². The summed E-state index contributed by atoms with van der Waals surface area (Å²) in [4.78, 5) is 26.2. The Kier molecular flexibility index (Phi) is 6.34. The van der Waals surface area contributed by atoms with Crippen LogP contribution in [0.1, 0.15) is 11.1 Å². The number of azo groups is 1. The molecule has 0 radical (unpaired) electrons. The molecule has 0 bridgehead atoms. The number of carbonyl (C=O) groups excluding carboxylic acids is 2. The highest BCUT2D eigenvalue weighted by molar-refractivity contribution is 8.18. The van der Waals surface area contributed by atoms with Crippen molar-refractivity contribution in [2.24, 2.45) is 10.2 Å². The van der Waals surface area contributed by atoms with Crippen LogP contribution in [0.25, 0.3) is 6.08 Å². The van der Waals surface area contributed by atoms with Gasteiger partial charge in [-0.25, -0.2) is 4.39 Å². The molecule has 0 saturated carbocycles. The largest absolute Gasteiger partial charge is 0.507 e. The van der Waals surface area contributed by atoms with E-state index in [0.29, 0.717) is 28.7 Å². The van der Waals surface area contributed by atoms with E-state index < -0.39 is 17.0 Å². The van der Waals surface area contributed by atoms with Crippen LogP contribution in [0.5, 0.6) is 5.75 Å². The number of hydrogen-bond acceptors (Lipinski definition) is 6. The quantitative estimate of drug-likeness (QED) is 0.329. The van der Waals surface area contributed by atoms with E-state index in [1.807, 2.05) is 18.2 Å². The number of nitrogens with zero attached hydrogens (tertiary/aromatic N) is 3. The highest BCUT2D eigenvalue weighted by Gasteiger charge is 2.36. The molecular formula is C23H15ClFN3O3S. The molecule has 0 atom stereocenters. The topological polar surface area (TPSA) is 82.3 Å². The van der Waals surface area contributed by atoms with Crippen molar-refractivity contribution in [3.8, 4) is 5.75 Å². The molecule has 1 heterocycles. The Balaban J connectivity index is 1.58. The first kappa shape index (κ1) is 21.7. The molecule has 1 N–H and O–H groups in total. The van der Waals surface area contributed by atoms with Crippen molar-refractivity contribution in [2.75, 3.05) is 0 Å². The van der Waals surface area contributed by atoms with Crippen molar-refractivity contribution < 1.29 is 19.1 Å². The van der Waals surface area contributed by atoms with Crippen LogP contribution in [0.3, 0.4) is 0 Å². The van der Waals surface area contributed by atoms with E-state index in [9.17, 15) is 19.1 Å². The van der Waals surface area contributed by atoms with Gasteiger partial charge in [0.05, 0.1) is 22.8 Å². The number of phenolic OH excluding ortho intramolecular Hbond substituents is 1. The van der Waals surface area contributed by atoms with Gasteiger partial charge in [-0.2, -0.15) is 10.2 Å². The lowest BCUT2D eigenvalue weighted by atomic mass is 10.1. The second-order valence-corrected chi connectivity index (χ2v) is 8.15. The normalized spacial score (nSPS) is 15.3. The number of thioether (sulfide) groups is 1. The van der Waals surface area contributed by atoms with E-state index in [2.05, 4.69) is 10.2 Å². The molecule has 3 aromatic carbocycles. The van der Waals surface area contributed by atoms with Crippen LogP contribution in [0.15, 0.2) is 81.9 Å². The Morgan fingerprint density at radius 1 is 1.00 bits per heavy atom. The van der Waals surface area contributed by atoms with Gasteiger partial charge in [-0.05, 0) is 60.3 Å². The summed E-state index contributed by atoms with van der Waals surface area (Å²) in [7, 11) is 0. The molecule has 32 heavy (non-hydrogen) atoms. The molecule has 9 heteroatoms. The highest BCUT2D eigenvalue weighted by Crippen LogP contribution is 2.36. The molecule has 0 aromatic heterocycles. The number of rotatable bonds is 5. The Morgan fingerprint density at radius 2 is 1.75 bits per heavy atom. The fraction of sp³-hybridized carbons (Fsp3) is 0.0435. The van der Waals surface area contributed by atoms with Gasteiger partial charge < -0.3 is 5.11 Å². The molecule has 1 aliphatic rings. The fourth-order valence-corrected chi connectivity index (χ4v) is 4.00. The first-order chi connectivity index (χ1) is 15.4. The van der Waals surface area contributed by atoms with E-state index in [0.717, 1.165) is 4.90 Å². The summed E-state index contributed by atoms with van der Waals surface area (Å²) < 4.78 is 14.1. The average molecular weight is 468 g/mol. The van der Waals surface area contributed by atoms with Crippen LogP contribution in [0.2, 0.25) is 5.02 Å². The highest BCUT2D eigenvalue weighted by atomic mass is 35.5. The van der Waals surface area contributed by atoms with E-state index >= 15 is 0 Å². The van der Waals surface area contributed by atoms with Crippen molar-refractivity contribution in [1.29, 1.82) is 0 Å². The summed E-state index contributed by atoms with van der Waals surface area (Å²) in [5.74, 6) is -1.29. The average Bonchev–Trinajstić information content (AvgIpc) is 3.04. The molecule has 1 fully saturated rings. The van der Waals surface area contributed by atoms with Gasteiger partial charge in [0, 0.05) is 16.1 Å². The van der Waals surface area contributed by atoms with Gasteiger partial charge >= 0.3 is 0 Å². The first-order valence-electron chi connectivity index (χ1n) is 9.40. The summed E-state index contributed by atoms with van der Waals surface area (Å²) in [6.07, 6.45) is 1.39. The van der Waals surface area contributed by atoms with Crippen LogP contribution in [-0.4, -0.2) is 21.2 Å². The number of halogens is 2. The molecule has 160 valence electrons. The van der Waals surface area contributed by atoms with Crippen molar-refractivity contribution in [1.82, 2.24) is 4.90 Å². The third-order valence-electron chi connectivity index (χ3n) is 4.59. The summed E-state index contributed by atoms with van der Waals surface area (Å²) in [6, 6.07) is 17.8. The SMILES string of the molecule is O=C1S/C(=C\c2cc(N=Nc3ccccc3)ccc2O)C(=O)N1Cc1c(F)cccc1Cl. The summed E-state index contributed by atoms with van der Waals surface area (Å²) in [6.45, 7) is -0.287. The summed E-state index contributed by atoms with van der Waals surface area (Å²) in [5, 5.41) is 18.0. The van der Waals surface area contributed by atoms with Crippen molar-refractivity contribution in [3.63, 3.8) is 0 Å². The van der Waals surface area contributed by atoms with Gasteiger partial charge in [0.25, 0.3) is 11.1 Å². The van der Waals surface area contributed by atoms with Gasteiger partial charge in [0.15, 0.2) is 0 Å².